The Balaban J connectivity index is 2.21. The van der Waals surface area contributed by atoms with Crippen LogP contribution in [0.5, 0.6) is 0 Å². The Hall–Kier alpha value is -1.76. The molecule has 15 atom stereocenters. The minimum absolute atomic E-state index is 0.0376. The van der Waals surface area contributed by atoms with Crippen molar-refractivity contribution in [2.45, 2.75) is 206 Å². The number of likely N-dealkylation sites (N-methyl/N-ethyl adjacent to an activating group) is 1. The minimum Gasteiger partial charge on any atom is -0.462 e. The van der Waals surface area contributed by atoms with Crippen molar-refractivity contribution in [3.8, 4) is 0 Å². The smallest absolute Gasteiger partial charge is 0.308 e. The van der Waals surface area contributed by atoms with Crippen LogP contribution in [0, 0.1) is 23.2 Å². The van der Waals surface area contributed by atoms with Crippen molar-refractivity contribution < 1.29 is 61.8 Å². The molecule has 0 bridgehead atoms. The number of hydrogen-bond donors (Lipinski definition) is 1. The maximum absolute atomic E-state index is 13.3. The summed E-state index contributed by atoms with van der Waals surface area (Å²) < 4.78 is 63.9. The Morgan fingerprint density at radius 2 is 1.60 bits per heavy atom. The number of aliphatic hydroxyl groups is 1. The molecule has 2 fully saturated rings. The van der Waals surface area contributed by atoms with Gasteiger partial charge in [-0.15, -0.1) is 0 Å². The van der Waals surface area contributed by atoms with Crippen LogP contribution in [0.15, 0.2) is 24.3 Å². The molecule has 0 saturated carbocycles. The molecule has 0 aromatic rings. The number of methoxy groups -OCH3 is 3. The summed E-state index contributed by atoms with van der Waals surface area (Å²) in [7, 11) is 6.14. The van der Waals surface area contributed by atoms with Crippen molar-refractivity contribution in [2.75, 3.05) is 35.4 Å². The monoisotopic (exact) mass is 900 g/mol. The number of hydrogen-bond acceptors (Lipinski definition) is 14. The largest absolute Gasteiger partial charge is 0.462 e. The molecule has 3 aliphatic heterocycles. The lowest BCUT2D eigenvalue weighted by Crippen LogP contribution is -2.66. The van der Waals surface area contributed by atoms with E-state index in [0.717, 1.165) is 0 Å². The normalized spacial score (nSPS) is 38.1. The summed E-state index contributed by atoms with van der Waals surface area (Å²) in [6, 6.07) is -0.550. The Labute approximate surface area is 375 Å². The average Bonchev–Trinajstić information content (AvgIpc) is 3.14. The van der Waals surface area contributed by atoms with Crippen molar-refractivity contribution in [1.82, 2.24) is 4.90 Å². The van der Waals surface area contributed by atoms with E-state index in [9.17, 15) is 14.7 Å². The predicted molar refractivity (Wildman–Crippen MR) is 241 cm³/mol. The van der Waals surface area contributed by atoms with E-state index in [1.807, 2.05) is 51.1 Å². The summed E-state index contributed by atoms with van der Waals surface area (Å²) in [6.07, 6.45) is 0.879. The summed E-state index contributed by atoms with van der Waals surface area (Å²) in [5.74, 6) is -1.35. The highest BCUT2D eigenvalue weighted by Crippen LogP contribution is 2.44. The molecule has 62 heavy (non-hydrogen) atoms. The first kappa shape index (κ1) is 54.6. The lowest BCUT2D eigenvalue weighted by atomic mass is 9.73. The molecule has 3 unspecified atom stereocenters. The van der Waals surface area contributed by atoms with Gasteiger partial charge in [0.05, 0.1) is 43.0 Å². The standard InChI is InChI=1S/C47H85NO13Si/c1-28-24-34(25-38(52-14)53-15)42(43(54-16)35(50)26-37(51)55-29(2)22-20-19-21-23-36(28)61-62(17,18)46(7,8)9)60-45-44(58-33(6)49)40(48(12)13)41(32(5)57-45)59-39-27-47(10,11)30(3)31(4)56-39/h19-21,23,28-32,34-36,38-45,50H,22,24-27H2,1-18H3/b20-19+,23-21+/t28-,29-,30+,31?,32-,34-,35-,36+,39+,40?,41-,42+,43+,44?,45+/m1/s1. The molecule has 0 aromatic heterocycles. The summed E-state index contributed by atoms with van der Waals surface area (Å²) in [5, 5.41) is 11.9. The number of nitrogens with zero attached hydrogens (tertiary/aromatic N) is 1. The zero-order chi connectivity index (χ0) is 46.9. The highest BCUT2D eigenvalue weighted by atomic mass is 28.4. The van der Waals surface area contributed by atoms with Crippen molar-refractivity contribution in [3.05, 3.63) is 24.3 Å². The number of cyclic esters (lactones) is 1. The van der Waals surface area contributed by atoms with Gasteiger partial charge >= 0.3 is 11.9 Å². The summed E-state index contributed by atoms with van der Waals surface area (Å²) in [5.41, 5.74) is -0.0457. The molecule has 3 rings (SSSR count). The first-order valence-electron chi connectivity index (χ1n) is 22.7. The second-order valence-corrected chi connectivity index (χ2v) is 25.2. The van der Waals surface area contributed by atoms with Crippen LogP contribution in [0.3, 0.4) is 0 Å². The van der Waals surface area contributed by atoms with Crippen LogP contribution in [-0.4, -0.2) is 146 Å². The molecule has 0 radical (unpaired) electrons. The molecule has 0 spiro atoms. The zero-order valence-corrected chi connectivity index (χ0v) is 42.4. The third-order valence-electron chi connectivity index (χ3n) is 13.9. The maximum Gasteiger partial charge on any atom is 0.308 e. The van der Waals surface area contributed by atoms with E-state index in [2.05, 4.69) is 74.6 Å². The number of aliphatic hydroxyl groups excluding tert-OH is 1. The van der Waals surface area contributed by atoms with Crippen molar-refractivity contribution in [2.24, 2.45) is 23.2 Å². The van der Waals surface area contributed by atoms with Crippen LogP contribution in [0.1, 0.15) is 108 Å². The van der Waals surface area contributed by atoms with E-state index in [1.54, 1.807) is 14.2 Å². The van der Waals surface area contributed by atoms with Crippen LogP contribution in [0.25, 0.3) is 0 Å². The van der Waals surface area contributed by atoms with Gasteiger partial charge in [0, 0.05) is 47.5 Å². The van der Waals surface area contributed by atoms with Gasteiger partial charge in [-0.05, 0) is 82.6 Å². The van der Waals surface area contributed by atoms with Gasteiger partial charge in [-0.25, -0.2) is 0 Å². The average molecular weight is 900 g/mol. The van der Waals surface area contributed by atoms with Gasteiger partial charge in [-0.2, -0.15) is 0 Å². The van der Waals surface area contributed by atoms with Gasteiger partial charge in [-0.3, -0.25) is 9.59 Å². The quantitative estimate of drug-likeness (QED) is 0.111. The van der Waals surface area contributed by atoms with Crippen molar-refractivity contribution in [3.63, 3.8) is 0 Å². The molecule has 1 N–H and O–H groups in total. The number of allylic oxidation sites excluding steroid dienone is 2. The minimum atomic E-state index is -2.29. The van der Waals surface area contributed by atoms with Crippen LogP contribution >= 0.6 is 0 Å². The van der Waals surface area contributed by atoms with Gasteiger partial charge < -0.3 is 57.1 Å². The summed E-state index contributed by atoms with van der Waals surface area (Å²) >= 11 is 0. The molecule has 0 aliphatic carbocycles. The topological polar surface area (TPSA) is 150 Å². The van der Waals surface area contributed by atoms with Crippen LogP contribution in [0.2, 0.25) is 18.1 Å². The predicted octanol–water partition coefficient (Wildman–Crippen LogP) is 7.42. The van der Waals surface area contributed by atoms with Gasteiger partial charge in [0.25, 0.3) is 0 Å². The lowest BCUT2D eigenvalue weighted by molar-refractivity contribution is -0.340. The fraction of sp³-hybridized carbons (Fsp3) is 0.872. The van der Waals surface area contributed by atoms with Crippen molar-refractivity contribution >= 4 is 20.3 Å². The SMILES string of the molecule is COC(C[C@H]1C[C@@H](C)[C@@H](O[Si](C)(C)C(C)(C)C)/C=C/C=C/C[C@@H](C)OC(=O)C[C@@H](O)[C@H](OC)[C@H]1O[C@@H]1O[C@H](C)[C@@H](O[C@H]2CC(C)(C)[C@@H](C)C(C)O2)C(N(C)C)C1OC(C)=O)OC. The van der Waals surface area contributed by atoms with E-state index in [4.69, 9.17) is 47.1 Å². The Morgan fingerprint density at radius 1 is 0.952 bits per heavy atom. The molecule has 0 aromatic carbocycles. The molecule has 15 heteroatoms. The Kier molecular flexibility index (Phi) is 20.8. The number of carbonyl (C=O) groups excluding carboxylic acids is 2. The molecule has 3 aliphatic rings. The molecule has 3 heterocycles. The van der Waals surface area contributed by atoms with Crippen LogP contribution < -0.4 is 0 Å². The van der Waals surface area contributed by atoms with E-state index < -0.39 is 93.8 Å². The fourth-order valence-electron chi connectivity index (χ4n) is 8.73. The summed E-state index contributed by atoms with van der Waals surface area (Å²) in [6.45, 7) is 27.1. The van der Waals surface area contributed by atoms with Crippen LogP contribution in [-0.2, 0) is 56.6 Å². The Bertz CT molecular complexity index is 1450. The van der Waals surface area contributed by atoms with Gasteiger partial charge in [0.2, 0.25) is 0 Å². The first-order chi connectivity index (χ1) is 28.8. The molecular weight excluding hydrogens is 815 g/mol. The summed E-state index contributed by atoms with van der Waals surface area (Å²) in [4.78, 5) is 28.3. The van der Waals surface area contributed by atoms with Crippen LogP contribution in [0.4, 0.5) is 0 Å². The third kappa shape index (κ3) is 14.9. The fourth-order valence-corrected chi connectivity index (χ4v) is 10.1. The third-order valence-corrected chi connectivity index (χ3v) is 18.4. The number of rotatable bonds is 13. The highest BCUT2D eigenvalue weighted by molar-refractivity contribution is 6.74. The number of esters is 2. The van der Waals surface area contributed by atoms with Crippen molar-refractivity contribution in [1.29, 1.82) is 0 Å². The van der Waals surface area contributed by atoms with Gasteiger partial charge in [-0.1, -0.05) is 72.8 Å². The number of ether oxygens (including phenoxy) is 9. The lowest BCUT2D eigenvalue weighted by Gasteiger charge is -2.51. The molecule has 360 valence electrons. The molecular formula is C47H85NO13Si. The van der Waals surface area contributed by atoms with E-state index in [1.165, 1.54) is 14.0 Å². The van der Waals surface area contributed by atoms with Gasteiger partial charge in [0.1, 0.15) is 18.3 Å². The second kappa shape index (κ2) is 23.6. The molecule has 2 saturated heterocycles. The molecule has 0 amide bonds. The Morgan fingerprint density at radius 3 is 2.15 bits per heavy atom. The first-order valence-corrected chi connectivity index (χ1v) is 25.6. The molecule has 14 nitrogen and oxygen atoms in total. The van der Waals surface area contributed by atoms with E-state index >= 15 is 0 Å². The highest BCUT2D eigenvalue weighted by Gasteiger charge is 2.53. The van der Waals surface area contributed by atoms with E-state index in [-0.39, 0.29) is 35.0 Å². The number of carbonyl (C=O) groups is 2. The van der Waals surface area contributed by atoms with E-state index in [0.29, 0.717) is 31.6 Å². The second-order valence-electron chi connectivity index (χ2n) is 20.5. The maximum atomic E-state index is 13.3. The zero-order valence-electron chi connectivity index (χ0n) is 41.4. The van der Waals surface area contributed by atoms with Gasteiger partial charge in [0.15, 0.2) is 33.3 Å².